The number of hydrogen-bond acceptors (Lipinski definition) is 3. The molecule has 1 aromatic rings. The van der Waals surface area contributed by atoms with Crippen LogP contribution in [-0.2, 0) is 9.84 Å². The molecule has 0 aromatic heterocycles. The Morgan fingerprint density at radius 3 is 2.35 bits per heavy atom. The maximum absolute atomic E-state index is 11.4. The van der Waals surface area contributed by atoms with Gasteiger partial charge in [0.05, 0.1) is 0 Å². The van der Waals surface area contributed by atoms with Crippen molar-refractivity contribution in [3.8, 4) is 0 Å². The van der Waals surface area contributed by atoms with Gasteiger partial charge in [0, 0.05) is 21.9 Å². The Morgan fingerprint density at radius 2 is 1.94 bits per heavy atom. The molecule has 0 aliphatic rings. The highest BCUT2D eigenvalue weighted by molar-refractivity contribution is 9.12. The van der Waals surface area contributed by atoms with Crippen molar-refractivity contribution in [3.63, 3.8) is 0 Å². The van der Waals surface area contributed by atoms with Crippen molar-refractivity contribution in [1.82, 2.24) is 0 Å². The topological polar surface area (TPSA) is 54.4 Å². The summed E-state index contributed by atoms with van der Waals surface area (Å²) in [6.07, 6.45) is -0.620. The summed E-state index contributed by atoms with van der Waals surface area (Å²) < 4.78 is 20.8. The first-order chi connectivity index (χ1) is 7.57. The van der Waals surface area contributed by atoms with Crippen LogP contribution in [0, 0.1) is 0 Å². The Bertz CT molecular complexity index is 530. The molecule has 3 nitrogen and oxygen atoms in total. The van der Waals surface area contributed by atoms with Gasteiger partial charge >= 0.3 is 0 Å². The molecule has 96 valence electrons. The zero-order chi connectivity index (χ0) is 13.4. The molecule has 0 aliphatic carbocycles. The summed E-state index contributed by atoms with van der Waals surface area (Å²) in [5.74, 6) is 0. The lowest BCUT2D eigenvalue weighted by Gasteiger charge is -2.25. The van der Waals surface area contributed by atoms with Crippen LogP contribution in [0.15, 0.2) is 18.2 Å². The van der Waals surface area contributed by atoms with Crippen LogP contribution >= 0.6 is 50.7 Å². The third-order valence-corrected chi connectivity index (χ3v) is 7.09. The van der Waals surface area contributed by atoms with Gasteiger partial charge in [-0.25, -0.2) is 8.42 Å². The second-order valence-electron chi connectivity index (χ2n) is 3.40. The molecule has 0 aliphatic heterocycles. The summed E-state index contributed by atoms with van der Waals surface area (Å²) in [6.45, 7) is 0. The maximum Gasteiger partial charge on any atom is 0.228 e. The molecule has 0 radical (unpaired) electrons. The minimum absolute atomic E-state index is 0.137. The fourth-order valence-corrected chi connectivity index (χ4v) is 2.52. The van der Waals surface area contributed by atoms with Gasteiger partial charge in [-0.05, 0) is 28.1 Å². The van der Waals surface area contributed by atoms with E-state index in [0.717, 1.165) is 6.26 Å². The van der Waals surface area contributed by atoms with Crippen LogP contribution in [-0.4, -0.2) is 22.9 Å². The van der Waals surface area contributed by atoms with E-state index in [1.807, 2.05) is 0 Å². The van der Waals surface area contributed by atoms with E-state index < -0.39 is 19.1 Å². The molecule has 1 rings (SSSR count). The summed E-state index contributed by atoms with van der Waals surface area (Å²) >= 11 is 20.1. The number of sulfone groups is 1. The van der Waals surface area contributed by atoms with Crippen molar-refractivity contribution in [3.05, 3.63) is 33.8 Å². The lowest BCUT2D eigenvalue weighted by atomic mass is 10.1. The Hall–Kier alpha value is 0.480. The van der Waals surface area contributed by atoms with E-state index in [-0.39, 0.29) is 10.6 Å². The van der Waals surface area contributed by atoms with Gasteiger partial charge in [-0.1, -0.05) is 40.9 Å². The second kappa shape index (κ2) is 5.23. The zero-order valence-electron chi connectivity index (χ0n) is 8.49. The molecule has 0 unspecified atom stereocenters. The average Bonchev–Trinajstić information content (AvgIpc) is 2.14. The Labute approximate surface area is 123 Å². The molecule has 1 N–H and O–H groups in total. The molecular formula is C9H8BrCl3O3S. The van der Waals surface area contributed by atoms with Gasteiger partial charge in [0.15, 0.2) is 9.84 Å². The average molecular weight is 382 g/mol. The van der Waals surface area contributed by atoms with Crippen LogP contribution in [0.2, 0.25) is 10.0 Å². The van der Waals surface area contributed by atoms with Gasteiger partial charge in [0.25, 0.3) is 0 Å². The van der Waals surface area contributed by atoms with Gasteiger partial charge in [0.1, 0.15) is 6.10 Å². The lowest BCUT2D eigenvalue weighted by molar-refractivity contribution is 0.185. The largest absolute Gasteiger partial charge is 0.384 e. The van der Waals surface area contributed by atoms with Crippen molar-refractivity contribution in [2.75, 3.05) is 6.26 Å². The summed E-state index contributed by atoms with van der Waals surface area (Å²) in [5, 5.41) is 10.5. The highest BCUT2D eigenvalue weighted by Crippen LogP contribution is 2.44. The van der Waals surface area contributed by atoms with Crippen LogP contribution in [0.3, 0.4) is 0 Å². The molecule has 0 bridgehead atoms. The minimum Gasteiger partial charge on any atom is -0.384 e. The van der Waals surface area contributed by atoms with Crippen molar-refractivity contribution >= 4 is 60.6 Å². The van der Waals surface area contributed by atoms with E-state index in [1.54, 1.807) is 0 Å². The number of hydrogen-bond donors (Lipinski definition) is 1. The minimum atomic E-state index is -3.74. The van der Waals surface area contributed by atoms with E-state index in [9.17, 15) is 13.5 Å². The summed E-state index contributed by atoms with van der Waals surface area (Å²) in [7, 11) is -3.74. The number of aliphatic hydroxyl groups excluding tert-OH is 1. The molecule has 0 saturated carbocycles. The smallest absolute Gasteiger partial charge is 0.228 e. The van der Waals surface area contributed by atoms with E-state index in [1.165, 1.54) is 18.2 Å². The highest BCUT2D eigenvalue weighted by atomic mass is 79.9. The van der Waals surface area contributed by atoms with Crippen LogP contribution in [0.25, 0.3) is 0 Å². The highest BCUT2D eigenvalue weighted by Gasteiger charge is 2.44. The van der Waals surface area contributed by atoms with Crippen LogP contribution in [0.4, 0.5) is 0 Å². The molecule has 0 spiro atoms. The zero-order valence-corrected chi connectivity index (χ0v) is 13.2. The van der Waals surface area contributed by atoms with E-state index >= 15 is 0 Å². The Kier molecular flexibility index (Phi) is 4.78. The lowest BCUT2D eigenvalue weighted by Crippen LogP contribution is -2.32. The third-order valence-electron chi connectivity index (χ3n) is 2.07. The predicted octanol–water partition coefficient (Wildman–Crippen LogP) is 3.36. The first kappa shape index (κ1) is 15.5. The Balaban J connectivity index is 3.26. The van der Waals surface area contributed by atoms with Gasteiger partial charge in [-0.15, -0.1) is 0 Å². The molecule has 1 aromatic carbocycles. The second-order valence-corrected chi connectivity index (χ2v) is 9.49. The third kappa shape index (κ3) is 3.28. The number of benzene rings is 1. The predicted molar refractivity (Wildman–Crippen MR) is 73.8 cm³/mol. The summed E-state index contributed by atoms with van der Waals surface area (Å²) in [4.78, 5) is 0. The number of halogens is 4. The van der Waals surface area contributed by atoms with Gasteiger partial charge in [-0.2, -0.15) is 0 Å². The molecular weight excluding hydrogens is 374 g/mol. The monoisotopic (exact) mass is 380 g/mol. The van der Waals surface area contributed by atoms with Crippen molar-refractivity contribution in [2.24, 2.45) is 0 Å². The molecule has 0 fully saturated rings. The first-order valence-electron chi connectivity index (χ1n) is 4.28. The van der Waals surface area contributed by atoms with Gasteiger partial charge in [0.2, 0.25) is 3.12 Å². The SMILES string of the molecule is CS(=O)(=O)[C@](Cl)(Br)[C@H](O)c1ccc(Cl)cc1Cl. The van der Waals surface area contributed by atoms with E-state index in [4.69, 9.17) is 34.8 Å². The van der Waals surface area contributed by atoms with Crippen LogP contribution in [0.1, 0.15) is 11.7 Å². The molecule has 0 amide bonds. The molecule has 0 saturated heterocycles. The van der Waals surface area contributed by atoms with Crippen molar-refractivity contribution in [2.45, 2.75) is 9.22 Å². The number of aliphatic hydroxyl groups is 1. The fraction of sp³-hybridized carbons (Fsp3) is 0.333. The Morgan fingerprint density at radius 1 is 1.41 bits per heavy atom. The quantitative estimate of drug-likeness (QED) is 0.816. The number of rotatable bonds is 3. The van der Waals surface area contributed by atoms with Crippen LogP contribution < -0.4 is 0 Å². The summed E-state index contributed by atoms with van der Waals surface area (Å²) in [6, 6.07) is 4.29. The van der Waals surface area contributed by atoms with Crippen LogP contribution in [0.5, 0.6) is 0 Å². The normalized spacial score (nSPS) is 17.5. The van der Waals surface area contributed by atoms with Crippen molar-refractivity contribution in [1.29, 1.82) is 0 Å². The molecule has 8 heteroatoms. The fourth-order valence-electron chi connectivity index (χ4n) is 1.11. The van der Waals surface area contributed by atoms with Gasteiger partial charge in [-0.3, -0.25) is 0 Å². The van der Waals surface area contributed by atoms with E-state index in [2.05, 4.69) is 15.9 Å². The molecule has 0 heterocycles. The van der Waals surface area contributed by atoms with Gasteiger partial charge < -0.3 is 5.11 Å². The summed E-state index contributed by atoms with van der Waals surface area (Å²) in [5.41, 5.74) is 0.174. The first-order valence-corrected chi connectivity index (χ1v) is 8.09. The standard InChI is InChI=1S/C9H8BrCl3O3S/c1-17(15,16)9(10,13)8(14)6-3-2-5(11)4-7(6)12/h2-4,8,14H,1H3/t8-,9+/m1/s1. The van der Waals surface area contributed by atoms with E-state index in [0.29, 0.717) is 5.02 Å². The van der Waals surface area contributed by atoms with Crippen molar-refractivity contribution < 1.29 is 13.5 Å². The molecule has 17 heavy (non-hydrogen) atoms. The number of alkyl halides is 2. The molecule has 2 atom stereocenters. The maximum atomic E-state index is 11.4.